The first-order valence-corrected chi connectivity index (χ1v) is 33.0. The van der Waals surface area contributed by atoms with Crippen molar-refractivity contribution in [3.63, 3.8) is 0 Å². The van der Waals surface area contributed by atoms with Crippen molar-refractivity contribution in [1.82, 2.24) is 57.7 Å². The molecule has 4 aliphatic heterocycles. The van der Waals surface area contributed by atoms with E-state index >= 15 is 0 Å². The van der Waals surface area contributed by atoms with Gasteiger partial charge < -0.3 is 86.8 Å². The average molecular weight is 1370 g/mol. The summed E-state index contributed by atoms with van der Waals surface area (Å²) < 4.78 is 54.0. The van der Waals surface area contributed by atoms with Crippen LogP contribution in [0.25, 0.3) is 0 Å². The molecule has 3 aromatic rings. The van der Waals surface area contributed by atoms with Crippen LogP contribution in [-0.4, -0.2) is 227 Å². The number of aliphatic hydroxyl groups is 1. The van der Waals surface area contributed by atoms with Gasteiger partial charge in [-0.1, -0.05) is 105 Å². The highest BCUT2D eigenvalue weighted by atomic mass is 19.4. The summed E-state index contributed by atoms with van der Waals surface area (Å²) in [6, 6.07) is 21.3. The SMILES string of the molecule is CC[C@H](NC)C(=O)N[C@@H]1C(=O)N2[C@@H](CC[C@@H]1CNC(=O)COCC(=O)NCCOCCOCCOCCNC(=O)[C@@H](NC(=O)[C@@H]1CC[C@@H]3CC[C@H](CO)[C@H](NC(=O)[C@H](CC)NC)C(=O)N31)c1ccccc1)CC[C@H]2C(=O)NC(c1ccccc1)c1ccccc1.O=C(O)C(F)(F)F. The Morgan fingerprint density at radius 3 is 1.37 bits per heavy atom. The van der Waals surface area contributed by atoms with Gasteiger partial charge in [-0.05, 0) is 95.0 Å². The zero-order chi connectivity index (χ0) is 70.4. The highest BCUT2D eigenvalue weighted by Crippen LogP contribution is 2.37. The second-order valence-corrected chi connectivity index (χ2v) is 24.0. The first-order chi connectivity index (χ1) is 46.6. The molecule has 4 aliphatic rings. The zero-order valence-electron chi connectivity index (χ0n) is 55.3. The molecule has 0 radical (unpaired) electrons. The zero-order valence-corrected chi connectivity index (χ0v) is 55.3. The number of carbonyl (C=O) groups excluding carboxylic acids is 9. The van der Waals surface area contributed by atoms with Crippen LogP contribution in [0.3, 0.4) is 0 Å². The number of ether oxygens (including phenoxy) is 4. The number of hydrogen-bond donors (Lipinski definition) is 11. The summed E-state index contributed by atoms with van der Waals surface area (Å²) in [6.45, 7) is 4.26. The first-order valence-electron chi connectivity index (χ1n) is 33.0. The van der Waals surface area contributed by atoms with Gasteiger partial charge in [-0.3, -0.25) is 43.2 Å². The molecule has 0 aromatic heterocycles. The van der Waals surface area contributed by atoms with E-state index < -0.39 is 108 Å². The van der Waals surface area contributed by atoms with Gasteiger partial charge in [0.15, 0.2) is 0 Å². The molecule has 11 N–H and O–H groups in total. The van der Waals surface area contributed by atoms with Gasteiger partial charge in [0.2, 0.25) is 53.2 Å². The number of fused-ring (bicyclic) bond motifs is 2. The molecule has 534 valence electrons. The van der Waals surface area contributed by atoms with E-state index in [-0.39, 0.29) is 108 Å². The molecule has 4 fully saturated rings. The minimum atomic E-state index is -5.08. The van der Waals surface area contributed by atoms with Crippen LogP contribution in [0.2, 0.25) is 0 Å². The summed E-state index contributed by atoms with van der Waals surface area (Å²) in [5.41, 5.74) is 2.34. The maximum atomic E-state index is 14.7. The number of halogens is 3. The van der Waals surface area contributed by atoms with Crippen LogP contribution in [0.4, 0.5) is 13.2 Å². The number of rotatable bonds is 35. The van der Waals surface area contributed by atoms with Crippen LogP contribution in [0, 0.1) is 11.8 Å². The predicted molar refractivity (Wildman–Crippen MR) is 346 cm³/mol. The van der Waals surface area contributed by atoms with Gasteiger partial charge in [0.1, 0.15) is 43.4 Å². The Morgan fingerprint density at radius 2 is 0.928 bits per heavy atom. The predicted octanol–water partition coefficient (Wildman–Crippen LogP) is 1.30. The van der Waals surface area contributed by atoms with Gasteiger partial charge in [0, 0.05) is 50.2 Å². The monoisotopic (exact) mass is 1370 g/mol. The molecule has 0 saturated carbocycles. The van der Waals surface area contributed by atoms with Crippen LogP contribution in [0.1, 0.15) is 107 Å². The molecule has 9 amide bonds. The molecule has 97 heavy (non-hydrogen) atoms. The van der Waals surface area contributed by atoms with Crippen LogP contribution >= 0.6 is 0 Å². The highest BCUT2D eigenvalue weighted by Gasteiger charge is 2.50. The van der Waals surface area contributed by atoms with E-state index in [0.29, 0.717) is 69.8 Å². The molecule has 0 spiro atoms. The molecular formula is C67H94F3N11O16. The third-order valence-corrected chi connectivity index (χ3v) is 17.7. The van der Waals surface area contributed by atoms with E-state index in [1.165, 1.54) is 0 Å². The number of aliphatic hydroxyl groups excluding tert-OH is 1. The minimum absolute atomic E-state index is 0.0444. The third kappa shape index (κ3) is 23.3. The number of nitrogens with zero attached hydrogens (tertiary/aromatic N) is 2. The van der Waals surface area contributed by atoms with E-state index in [1.54, 1.807) is 54.2 Å². The van der Waals surface area contributed by atoms with Gasteiger partial charge in [-0.15, -0.1) is 0 Å². The Bertz CT molecular complexity index is 2990. The molecule has 4 saturated heterocycles. The summed E-state index contributed by atoms with van der Waals surface area (Å²) in [5.74, 6) is -7.49. The number of nitrogens with one attached hydrogen (secondary N) is 9. The Hall–Kier alpha value is -8.13. The number of amides is 9. The summed E-state index contributed by atoms with van der Waals surface area (Å²) in [4.78, 5) is 135. The fourth-order valence-corrected chi connectivity index (χ4v) is 12.5. The lowest BCUT2D eigenvalue weighted by atomic mass is 9.92. The molecule has 11 atom stereocenters. The van der Waals surface area contributed by atoms with Crippen molar-refractivity contribution in [1.29, 1.82) is 0 Å². The fourth-order valence-electron chi connectivity index (χ4n) is 12.5. The molecule has 3 aromatic carbocycles. The number of likely N-dealkylation sites (N-methyl/N-ethyl adjacent to an activating group) is 2. The third-order valence-electron chi connectivity index (χ3n) is 17.7. The first kappa shape index (κ1) is 77.9. The summed E-state index contributed by atoms with van der Waals surface area (Å²) in [5, 5.41) is 43.6. The van der Waals surface area contributed by atoms with E-state index in [0.717, 1.165) is 11.1 Å². The van der Waals surface area contributed by atoms with E-state index in [4.69, 9.17) is 28.8 Å². The lowest BCUT2D eigenvalue weighted by Crippen LogP contribution is -2.59. The standard InChI is InChI=1S/C65H93N11O14.C2HF3O2/c1-5-49(66-3)59(80)73-57-45(22-24-47-26-28-51(75(47)64(57)85)61(82)71-55(42-16-10-7-11-17-42)43-18-12-8-13-19-43)38-70-54(79)41-90-40-53(78)68-30-32-87-34-36-89-37-35-88-33-31-69-63(84)56(44-20-14-9-15-21-44)72-62(83)52-29-27-48-25-23-46(39-77)58(65(86)76(48)52)74-60(81)50(6-2)67-4;3-2(4,5)1(6)7/h7-21,45-52,55-58,66-67,77H,5-6,22-41H2,1-4H3,(H,68,78)(H,69,84)(H,70,79)(H,71,82)(H,72,83)(H,73,80)(H,74,81);(H,6,7)/t45-,46-,47+,48+,49+,50+,51+,52+,56+,57+,58+;/m1./s1. The van der Waals surface area contributed by atoms with E-state index in [1.807, 2.05) is 74.5 Å². The van der Waals surface area contributed by atoms with Crippen molar-refractivity contribution in [2.24, 2.45) is 11.8 Å². The number of carboxylic acids is 1. The summed E-state index contributed by atoms with van der Waals surface area (Å²) in [6.07, 6.45) is 0.0182. The number of carboxylic acid groups (broad SMARTS) is 1. The summed E-state index contributed by atoms with van der Waals surface area (Å²) in [7, 11) is 3.33. The largest absolute Gasteiger partial charge is 0.490 e. The molecule has 27 nitrogen and oxygen atoms in total. The van der Waals surface area contributed by atoms with Gasteiger partial charge >= 0.3 is 12.1 Å². The van der Waals surface area contributed by atoms with Gasteiger partial charge in [0.25, 0.3) is 0 Å². The Morgan fingerprint density at radius 1 is 0.526 bits per heavy atom. The van der Waals surface area contributed by atoms with Crippen LogP contribution in [0.5, 0.6) is 0 Å². The molecule has 30 heteroatoms. The Labute approximate surface area is 562 Å². The maximum absolute atomic E-state index is 14.7. The van der Waals surface area contributed by atoms with Crippen LogP contribution in [-0.2, 0) is 66.9 Å². The normalized spacial score (nSPS) is 21.6. The number of carbonyl (C=O) groups is 10. The highest BCUT2D eigenvalue weighted by molar-refractivity contribution is 5.97. The van der Waals surface area contributed by atoms with Crippen molar-refractivity contribution < 1.29 is 90.3 Å². The molecule has 7 rings (SSSR count). The van der Waals surface area contributed by atoms with Crippen LogP contribution in [0.15, 0.2) is 91.0 Å². The number of benzene rings is 3. The second-order valence-electron chi connectivity index (χ2n) is 24.0. The van der Waals surface area contributed by atoms with E-state index in [9.17, 15) is 61.4 Å². The fraction of sp³-hybridized carbons (Fsp3) is 0.582. The topological polar surface area (TPSA) is 363 Å². The lowest BCUT2D eigenvalue weighted by molar-refractivity contribution is -0.192. The van der Waals surface area contributed by atoms with Crippen molar-refractivity contribution in [3.05, 3.63) is 108 Å². The van der Waals surface area contributed by atoms with Crippen molar-refractivity contribution in [2.75, 3.05) is 93.2 Å². The second kappa shape index (κ2) is 39.9. The molecule has 4 heterocycles. The van der Waals surface area contributed by atoms with E-state index in [2.05, 4.69) is 47.9 Å². The van der Waals surface area contributed by atoms with Crippen molar-refractivity contribution in [2.45, 2.75) is 145 Å². The van der Waals surface area contributed by atoms with Gasteiger partial charge in [0.05, 0.1) is 57.8 Å². The van der Waals surface area contributed by atoms with Crippen molar-refractivity contribution in [3.8, 4) is 0 Å². The molecular weight excluding hydrogens is 1270 g/mol. The average Bonchev–Trinajstić information content (AvgIpc) is 1.66. The quantitative estimate of drug-likeness (QED) is 0.0370. The number of alkyl halides is 3. The maximum Gasteiger partial charge on any atom is 0.490 e. The number of hydrogen-bond acceptors (Lipinski definition) is 17. The lowest BCUT2D eigenvalue weighted by Gasteiger charge is -2.33. The number of aliphatic carboxylic acids is 1. The van der Waals surface area contributed by atoms with Crippen LogP contribution < -0.4 is 47.9 Å². The van der Waals surface area contributed by atoms with Gasteiger partial charge in [-0.2, -0.15) is 13.2 Å². The molecule has 0 aliphatic carbocycles. The Balaban J connectivity index is 0.00000201. The Kier molecular flexibility index (Phi) is 32.1. The van der Waals surface area contributed by atoms with Crippen molar-refractivity contribution >= 4 is 59.1 Å². The molecule has 0 unspecified atom stereocenters. The molecule has 0 bridgehead atoms. The minimum Gasteiger partial charge on any atom is -0.475 e. The smallest absolute Gasteiger partial charge is 0.475 e. The van der Waals surface area contributed by atoms with Gasteiger partial charge in [-0.25, -0.2) is 4.79 Å². The summed E-state index contributed by atoms with van der Waals surface area (Å²) >= 11 is 0.